The van der Waals surface area contributed by atoms with Crippen LogP contribution in [0.4, 0.5) is 0 Å². The van der Waals surface area contributed by atoms with Crippen molar-refractivity contribution in [1.82, 2.24) is 10.0 Å². The molecule has 1 spiro atoms. The summed E-state index contributed by atoms with van der Waals surface area (Å²) in [5.41, 5.74) is 0.406. The van der Waals surface area contributed by atoms with E-state index in [9.17, 15) is 8.42 Å². The zero-order valence-electron chi connectivity index (χ0n) is 11.8. The lowest BCUT2D eigenvalue weighted by Gasteiger charge is -2.31. The van der Waals surface area contributed by atoms with Crippen molar-refractivity contribution in [1.29, 1.82) is 5.26 Å². The fourth-order valence-electron chi connectivity index (χ4n) is 3.53. The van der Waals surface area contributed by atoms with Crippen LogP contribution in [0.1, 0.15) is 37.7 Å². The Balaban J connectivity index is 1.81. The number of hydrogen-bond donors (Lipinski definition) is 2. The Bertz CT molecular complexity index is 650. The van der Waals surface area contributed by atoms with Crippen LogP contribution in [0, 0.1) is 11.3 Å². The SMILES string of the molecule is N#Cc1ccc(S(=O)(=O)NC2CCNC23CCCC3)cc1. The Morgan fingerprint density at radius 1 is 1.24 bits per heavy atom. The second-order valence-electron chi connectivity index (χ2n) is 5.89. The van der Waals surface area contributed by atoms with Gasteiger partial charge in [-0.2, -0.15) is 5.26 Å². The summed E-state index contributed by atoms with van der Waals surface area (Å²) in [6.07, 6.45) is 5.21. The summed E-state index contributed by atoms with van der Waals surface area (Å²) in [5.74, 6) is 0. The van der Waals surface area contributed by atoms with Crippen LogP contribution in [-0.2, 0) is 10.0 Å². The highest BCUT2D eigenvalue weighted by Gasteiger charge is 2.46. The number of nitrogens with one attached hydrogen (secondary N) is 2. The van der Waals surface area contributed by atoms with Crippen molar-refractivity contribution in [2.75, 3.05) is 6.54 Å². The maximum Gasteiger partial charge on any atom is 0.240 e. The molecule has 2 aliphatic rings. The highest BCUT2D eigenvalue weighted by Crippen LogP contribution is 2.37. The second-order valence-corrected chi connectivity index (χ2v) is 7.60. The first-order valence-electron chi connectivity index (χ1n) is 7.33. The third-order valence-corrected chi connectivity index (χ3v) is 6.15. The Kier molecular flexibility index (Phi) is 3.74. The summed E-state index contributed by atoms with van der Waals surface area (Å²) in [5, 5.41) is 12.3. The molecule has 1 aliphatic heterocycles. The van der Waals surface area contributed by atoms with Gasteiger partial charge in [-0.3, -0.25) is 0 Å². The number of hydrogen-bond acceptors (Lipinski definition) is 4. The molecule has 1 heterocycles. The molecule has 0 aromatic heterocycles. The minimum atomic E-state index is -3.53. The van der Waals surface area contributed by atoms with E-state index in [1.54, 1.807) is 0 Å². The van der Waals surface area contributed by atoms with Crippen LogP contribution in [0.25, 0.3) is 0 Å². The lowest BCUT2D eigenvalue weighted by atomic mass is 9.91. The molecule has 0 amide bonds. The first-order chi connectivity index (χ1) is 10.1. The van der Waals surface area contributed by atoms with Crippen LogP contribution in [0.5, 0.6) is 0 Å². The molecular formula is C15H19N3O2S. The third-order valence-electron chi connectivity index (χ3n) is 4.66. The molecule has 1 atom stereocenters. The van der Waals surface area contributed by atoms with E-state index in [0.29, 0.717) is 5.56 Å². The van der Waals surface area contributed by atoms with E-state index in [0.717, 1.165) is 38.6 Å². The van der Waals surface area contributed by atoms with Crippen molar-refractivity contribution in [2.45, 2.75) is 48.6 Å². The van der Waals surface area contributed by atoms with E-state index in [4.69, 9.17) is 5.26 Å². The molecule has 2 fully saturated rings. The van der Waals surface area contributed by atoms with Gasteiger partial charge in [-0.25, -0.2) is 13.1 Å². The Hall–Kier alpha value is -1.42. The van der Waals surface area contributed by atoms with Gasteiger partial charge in [0.2, 0.25) is 10.0 Å². The molecule has 1 aromatic carbocycles. The van der Waals surface area contributed by atoms with Gasteiger partial charge in [0.05, 0.1) is 16.5 Å². The molecule has 112 valence electrons. The molecular weight excluding hydrogens is 286 g/mol. The molecule has 21 heavy (non-hydrogen) atoms. The van der Waals surface area contributed by atoms with Crippen molar-refractivity contribution >= 4 is 10.0 Å². The van der Waals surface area contributed by atoms with Crippen molar-refractivity contribution < 1.29 is 8.42 Å². The van der Waals surface area contributed by atoms with E-state index < -0.39 is 10.0 Å². The zero-order valence-corrected chi connectivity index (χ0v) is 12.6. The van der Waals surface area contributed by atoms with Crippen LogP contribution < -0.4 is 10.0 Å². The first-order valence-corrected chi connectivity index (χ1v) is 8.82. The molecule has 1 aliphatic carbocycles. The molecule has 1 saturated heterocycles. The lowest BCUT2D eigenvalue weighted by Crippen LogP contribution is -2.53. The van der Waals surface area contributed by atoms with Gasteiger partial charge >= 0.3 is 0 Å². The molecule has 0 bridgehead atoms. The Morgan fingerprint density at radius 3 is 2.52 bits per heavy atom. The first kappa shape index (κ1) is 14.5. The second kappa shape index (κ2) is 5.41. The van der Waals surface area contributed by atoms with Gasteiger partial charge in [0, 0.05) is 11.6 Å². The number of benzene rings is 1. The molecule has 1 saturated carbocycles. The average molecular weight is 305 g/mol. The number of nitriles is 1. The number of nitrogens with zero attached hydrogens (tertiary/aromatic N) is 1. The molecule has 1 aromatic rings. The average Bonchev–Trinajstić information content (AvgIpc) is 3.10. The van der Waals surface area contributed by atoms with Crippen LogP contribution >= 0.6 is 0 Å². The van der Waals surface area contributed by atoms with E-state index >= 15 is 0 Å². The molecule has 6 heteroatoms. The standard InChI is InChI=1S/C15H19N3O2S/c16-11-12-3-5-13(6-4-12)21(19,20)18-14-7-10-17-15(14)8-1-2-9-15/h3-6,14,17-18H,1-2,7-10H2. The molecule has 5 nitrogen and oxygen atoms in total. The van der Waals surface area contributed by atoms with Crippen molar-refractivity contribution in [3.8, 4) is 6.07 Å². The van der Waals surface area contributed by atoms with Crippen LogP contribution in [0.3, 0.4) is 0 Å². The minimum absolute atomic E-state index is 0.0411. The van der Waals surface area contributed by atoms with Gasteiger partial charge in [0.25, 0.3) is 0 Å². The van der Waals surface area contributed by atoms with Gasteiger partial charge in [-0.1, -0.05) is 12.8 Å². The van der Waals surface area contributed by atoms with Crippen molar-refractivity contribution in [3.63, 3.8) is 0 Å². The fourth-order valence-corrected chi connectivity index (χ4v) is 4.88. The Morgan fingerprint density at radius 2 is 1.90 bits per heavy atom. The molecule has 3 rings (SSSR count). The third kappa shape index (κ3) is 2.69. The fraction of sp³-hybridized carbons (Fsp3) is 0.533. The minimum Gasteiger partial charge on any atom is -0.310 e. The van der Waals surface area contributed by atoms with Gasteiger partial charge in [-0.05, 0) is 50.1 Å². The van der Waals surface area contributed by atoms with Gasteiger partial charge < -0.3 is 5.32 Å². The number of sulfonamides is 1. The van der Waals surface area contributed by atoms with E-state index in [-0.39, 0.29) is 16.5 Å². The van der Waals surface area contributed by atoms with Crippen molar-refractivity contribution in [2.24, 2.45) is 0 Å². The van der Waals surface area contributed by atoms with E-state index in [1.807, 2.05) is 6.07 Å². The molecule has 1 unspecified atom stereocenters. The lowest BCUT2D eigenvalue weighted by molar-refractivity contribution is 0.329. The summed E-state index contributed by atoms with van der Waals surface area (Å²) in [6.45, 7) is 0.862. The Labute approximate surface area is 125 Å². The predicted octanol–water partition coefficient (Wildman–Crippen LogP) is 1.51. The largest absolute Gasteiger partial charge is 0.310 e. The van der Waals surface area contributed by atoms with Gasteiger partial charge in [-0.15, -0.1) is 0 Å². The van der Waals surface area contributed by atoms with E-state index in [2.05, 4.69) is 10.0 Å². The highest BCUT2D eigenvalue weighted by molar-refractivity contribution is 7.89. The van der Waals surface area contributed by atoms with Crippen molar-refractivity contribution in [3.05, 3.63) is 29.8 Å². The monoisotopic (exact) mass is 305 g/mol. The van der Waals surface area contributed by atoms with E-state index in [1.165, 1.54) is 24.3 Å². The highest BCUT2D eigenvalue weighted by atomic mass is 32.2. The summed E-state index contributed by atoms with van der Waals surface area (Å²) in [6, 6.07) is 8.00. The maximum absolute atomic E-state index is 12.5. The quantitative estimate of drug-likeness (QED) is 0.887. The van der Waals surface area contributed by atoms with Crippen LogP contribution in [-0.4, -0.2) is 26.5 Å². The summed E-state index contributed by atoms with van der Waals surface area (Å²) < 4.78 is 27.9. The molecule has 2 N–H and O–H groups in total. The topological polar surface area (TPSA) is 82.0 Å². The summed E-state index contributed by atoms with van der Waals surface area (Å²) >= 11 is 0. The molecule has 0 radical (unpaired) electrons. The number of rotatable bonds is 3. The summed E-state index contributed by atoms with van der Waals surface area (Å²) in [4.78, 5) is 0.224. The zero-order chi connectivity index (χ0) is 14.9. The normalized spacial score (nSPS) is 24.2. The van der Waals surface area contributed by atoms with Crippen LogP contribution in [0.2, 0.25) is 0 Å². The van der Waals surface area contributed by atoms with Gasteiger partial charge in [0.15, 0.2) is 0 Å². The van der Waals surface area contributed by atoms with Crippen LogP contribution in [0.15, 0.2) is 29.2 Å². The summed E-state index contributed by atoms with van der Waals surface area (Å²) in [7, 11) is -3.53. The smallest absolute Gasteiger partial charge is 0.240 e. The van der Waals surface area contributed by atoms with Gasteiger partial charge in [0.1, 0.15) is 0 Å². The predicted molar refractivity (Wildman–Crippen MR) is 79.1 cm³/mol. The maximum atomic E-state index is 12.5.